The zero-order chi connectivity index (χ0) is 17.1. The summed E-state index contributed by atoms with van der Waals surface area (Å²) in [5.41, 5.74) is 11.2. The van der Waals surface area contributed by atoms with Gasteiger partial charge in [-0.15, -0.1) is 0 Å². The van der Waals surface area contributed by atoms with Crippen LogP contribution in [0.2, 0.25) is 0 Å². The van der Waals surface area contributed by atoms with E-state index in [1.165, 1.54) is 11.1 Å². The highest BCUT2D eigenvalue weighted by molar-refractivity contribution is 5.92. The first-order valence-corrected chi connectivity index (χ1v) is 8.12. The van der Waals surface area contributed by atoms with Crippen LogP contribution < -0.4 is 11.1 Å². The van der Waals surface area contributed by atoms with Gasteiger partial charge in [-0.05, 0) is 42.2 Å². The van der Waals surface area contributed by atoms with Gasteiger partial charge in [0, 0.05) is 18.1 Å². The Bertz CT molecular complexity index is 876. The lowest BCUT2D eigenvalue weighted by molar-refractivity contribution is 0.867. The van der Waals surface area contributed by atoms with E-state index in [1.54, 1.807) is 0 Å². The number of aromatic nitrogens is 2. The Labute approximate surface area is 142 Å². The van der Waals surface area contributed by atoms with E-state index in [-0.39, 0.29) is 0 Å². The molecule has 0 saturated heterocycles. The van der Waals surface area contributed by atoms with Crippen LogP contribution in [0, 0.1) is 6.92 Å². The Morgan fingerprint density at radius 2 is 2.08 bits per heavy atom. The molecule has 0 aliphatic heterocycles. The number of nitrogens with one attached hydrogen (secondary N) is 1. The van der Waals surface area contributed by atoms with Crippen LogP contribution >= 0.6 is 0 Å². The zero-order valence-corrected chi connectivity index (χ0v) is 14.3. The maximum atomic E-state index is 6.00. The number of nitrogens with two attached hydrogens (primary N) is 1. The summed E-state index contributed by atoms with van der Waals surface area (Å²) in [6, 6.07) is 12.3. The maximum absolute atomic E-state index is 6.00. The van der Waals surface area contributed by atoms with Gasteiger partial charge >= 0.3 is 0 Å². The molecular formula is C19H23N5. The van der Waals surface area contributed by atoms with Gasteiger partial charge in [0.25, 0.3) is 0 Å². The van der Waals surface area contributed by atoms with Crippen molar-refractivity contribution in [2.24, 2.45) is 10.7 Å². The molecule has 24 heavy (non-hydrogen) atoms. The van der Waals surface area contributed by atoms with Crippen LogP contribution in [0.1, 0.15) is 36.6 Å². The summed E-state index contributed by atoms with van der Waals surface area (Å²) >= 11 is 0. The predicted molar refractivity (Wildman–Crippen MR) is 99.4 cm³/mol. The van der Waals surface area contributed by atoms with E-state index in [9.17, 15) is 0 Å². The molecule has 1 aromatic carbocycles. The Morgan fingerprint density at radius 1 is 1.25 bits per heavy atom. The van der Waals surface area contributed by atoms with Crippen LogP contribution in [0.25, 0.3) is 5.65 Å². The molecule has 3 aromatic rings. The van der Waals surface area contributed by atoms with Crippen LogP contribution in [-0.2, 0) is 6.54 Å². The Hall–Kier alpha value is -2.82. The number of pyridine rings is 1. The average molecular weight is 321 g/mol. The molecule has 0 saturated carbocycles. The van der Waals surface area contributed by atoms with E-state index in [0.29, 0.717) is 18.4 Å². The average Bonchev–Trinajstić information content (AvgIpc) is 2.95. The molecule has 2 aromatic heterocycles. The van der Waals surface area contributed by atoms with Crippen molar-refractivity contribution >= 4 is 17.3 Å². The summed E-state index contributed by atoms with van der Waals surface area (Å²) in [6.07, 6.45) is 4.03. The molecule has 0 amide bonds. The van der Waals surface area contributed by atoms with Gasteiger partial charge in [-0.3, -0.25) is 0 Å². The number of hydrogen-bond donors (Lipinski definition) is 2. The molecule has 3 rings (SSSR count). The van der Waals surface area contributed by atoms with E-state index < -0.39 is 0 Å². The van der Waals surface area contributed by atoms with Crippen molar-refractivity contribution in [3.8, 4) is 0 Å². The van der Waals surface area contributed by atoms with Crippen LogP contribution in [0.5, 0.6) is 0 Å². The highest BCUT2D eigenvalue weighted by Gasteiger charge is 2.03. The van der Waals surface area contributed by atoms with Crippen molar-refractivity contribution in [3.05, 3.63) is 65.6 Å². The second kappa shape index (κ2) is 6.74. The first-order valence-electron chi connectivity index (χ1n) is 8.12. The molecule has 0 unspecified atom stereocenters. The van der Waals surface area contributed by atoms with Gasteiger partial charge in [0.05, 0.1) is 12.2 Å². The minimum Gasteiger partial charge on any atom is -0.370 e. The van der Waals surface area contributed by atoms with E-state index in [4.69, 9.17) is 5.73 Å². The van der Waals surface area contributed by atoms with Crippen molar-refractivity contribution in [3.63, 3.8) is 0 Å². The van der Waals surface area contributed by atoms with Gasteiger partial charge in [0.2, 0.25) is 0 Å². The van der Waals surface area contributed by atoms with Crippen molar-refractivity contribution in [2.75, 3.05) is 5.32 Å². The van der Waals surface area contributed by atoms with E-state index in [0.717, 1.165) is 17.0 Å². The molecule has 5 heteroatoms. The molecular weight excluding hydrogens is 298 g/mol. The van der Waals surface area contributed by atoms with Gasteiger partial charge in [0.15, 0.2) is 5.96 Å². The number of imidazole rings is 1. The minimum absolute atomic E-state index is 0.393. The van der Waals surface area contributed by atoms with E-state index in [1.807, 2.05) is 34.9 Å². The normalized spacial score (nSPS) is 12.1. The maximum Gasteiger partial charge on any atom is 0.193 e. The number of hydrogen-bond acceptors (Lipinski definition) is 2. The number of aryl methyl sites for hydroxylation is 1. The first kappa shape index (κ1) is 16.1. The van der Waals surface area contributed by atoms with Gasteiger partial charge in [-0.25, -0.2) is 9.98 Å². The van der Waals surface area contributed by atoms with Gasteiger partial charge in [-0.1, -0.05) is 32.0 Å². The summed E-state index contributed by atoms with van der Waals surface area (Å²) in [5, 5.41) is 3.14. The SMILES string of the molecule is Cc1ccc2nc(CN=C(N)Nc3cccc(C(C)C)c3)cn2c1. The van der Waals surface area contributed by atoms with Crippen molar-refractivity contribution in [1.29, 1.82) is 0 Å². The Balaban J connectivity index is 1.70. The molecule has 0 bridgehead atoms. The molecule has 3 N–H and O–H groups in total. The number of fused-ring (bicyclic) bond motifs is 1. The summed E-state index contributed by atoms with van der Waals surface area (Å²) in [7, 11) is 0. The lowest BCUT2D eigenvalue weighted by Crippen LogP contribution is -2.22. The third-order valence-corrected chi connectivity index (χ3v) is 3.89. The molecule has 0 radical (unpaired) electrons. The van der Waals surface area contributed by atoms with Gasteiger partial charge in [0.1, 0.15) is 5.65 Å². The highest BCUT2D eigenvalue weighted by Crippen LogP contribution is 2.18. The standard InChI is InChI=1S/C19H23N5/c1-13(2)15-5-4-6-16(9-15)23-19(20)21-10-17-12-24-11-14(3)7-8-18(24)22-17/h4-9,11-13H,10H2,1-3H3,(H3,20,21,23). The molecule has 0 fully saturated rings. The number of rotatable bonds is 4. The molecule has 124 valence electrons. The third-order valence-electron chi connectivity index (χ3n) is 3.89. The molecule has 5 nitrogen and oxygen atoms in total. The lowest BCUT2D eigenvalue weighted by atomic mass is 10.0. The van der Waals surface area contributed by atoms with Crippen LogP contribution in [0.15, 0.2) is 53.8 Å². The third kappa shape index (κ3) is 3.74. The number of guanidine groups is 1. The smallest absolute Gasteiger partial charge is 0.193 e. The minimum atomic E-state index is 0.393. The molecule has 0 aliphatic carbocycles. The molecule has 0 atom stereocenters. The van der Waals surface area contributed by atoms with Crippen LogP contribution in [0.3, 0.4) is 0 Å². The van der Waals surface area contributed by atoms with Crippen molar-refractivity contribution in [2.45, 2.75) is 33.2 Å². The number of aliphatic imine (C=N–C) groups is 1. The number of anilines is 1. The lowest BCUT2D eigenvalue weighted by Gasteiger charge is -2.09. The first-order chi connectivity index (χ1) is 11.5. The second-order valence-corrected chi connectivity index (χ2v) is 6.31. The van der Waals surface area contributed by atoms with Crippen LogP contribution in [-0.4, -0.2) is 15.3 Å². The second-order valence-electron chi connectivity index (χ2n) is 6.31. The molecule has 0 spiro atoms. The quantitative estimate of drug-likeness (QED) is 0.569. The van der Waals surface area contributed by atoms with Gasteiger partial charge in [-0.2, -0.15) is 0 Å². The fourth-order valence-corrected chi connectivity index (χ4v) is 2.56. The monoisotopic (exact) mass is 321 g/mol. The Morgan fingerprint density at radius 3 is 2.88 bits per heavy atom. The summed E-state index contributed by atoms with van der Waals surface area (Å²) in [6.45, 7) is 6.84. The summed E-state index contributed by atoms with van der Waals surface area (Å²) < 4.78 is 2.01. The summed E-state index contributed by atoms with van der Waals surface area (Å²) in [5.74, 6) is 0.871. The number of benzene rings is 1. The van der Waals surface area contributed by atoms with E-state index >= 15 is 0 Å². The zero-order valence-electron chi connectivity index (χ0n) is 14.3. The highest BCUT2D eigenvalue weighted by atomic mass is 15.1. The summed E-state index contributed by atoms with van der Waals surface area (Å²) in [4.78, 5) is 8.93. The van der Waals surface area contributed by atoms with Gasteiger partial charge < -0.3 is 15.5 Å². The predicted octanol–water partition coefficient (Wildman–Crippen LogP) is 3.69. The van der Waals surface area contributed by atoms with Crippen molar-refractivity contribution < 1.29 is 0 Å². The fraction of sp³-hybridized carbons (Fsp3) is 0.263. The largest absolute Gasteiger partial charge is 0.370 e. The molecule has 0 aliphatic rings. The fourth-order valence-electron chi connectivity index (χ4n) is 2.56. The molecule has 2 heterocycles. The Kier molecular flexibility index (Phi) is 4.51. The van der Waals surface area contributed by atoms with Crippen LogP contribution in [0.4, 0.5) is 5.69 Å². The van der Waals surface area contributed by atoms with Crippen molar-refractivity contribution in [1.82, 2.24) is 9.38 Å². The van der Waals surface area contributed by atoms with E-state index in [2.05, 4.69) is 54.4 Å². The topological polar surface area (TPSA) is 67.7 Å². The number of nitrogens with zero attached hydrogens (tertiary/aromatic N) is 3.